The molecule has 10 nitrogen and oxygen atoms in total. The molecule has 0 radical (unpaired) electrons. The zero-order valence-corrected chi connectivity index (χ0v) is 18.7. The third-order valence-corrected chi connectivity index (χ3v) is 6.18. The quantitative estimate of drug-likeness (QED) is 0.590. The summed E-state index contributed by atoms with van der Waals surface area (Å²) in [5, 5.41) is 14.0. The highest BCUT2D eigenvalue weighted by molar-refractivity contribution is 7.13. The maximum Gasteiger partial charge on any atom is 0.318 e. The van der Waals surface area contributed by atoms with Crippen molar-refractivity contribution in [3.8, 4) is 5.75 Å². The summed E-state index contributed by atoms with van der Waals surface area (Å²) in [5.41, 5.74) is 2.39. The number of methoxy groups -OCH3 is 1. The lowest BCUT2D eigenvalue weighted by molar-refractivity contribution is -0.121. The van der Waals surface area contributed by atoms with Crippen LogP contribution in [0, 0.1) is 5.92 Å². The number of carbonyl (C=O) groups is 2. The van der Waals surface area contributed by atoms with Crippen LogP contribution in [0.15, 0.2) is 42.2 Å². The smallest absolute Gasteiger partial charge is 0.318 e. The van der Waals surface area contributed by atoms with Crippen LogP contribution in [-0.4, -0.2) is 56.8 Å². The van der Waals surface area contributed by atoms with Gasteiger partial charge in [-0.1, -0.05) is 29.5 Å². The van der Waals surface area contributed by atoms with Gasteiger partial charge in [0.05, 0.1) is 7.11 Å². The van der Waals surface area contributed by atoms with Crippen LogP contribution in [0.3, 0.4) is 0 Å². The Morgan fingerprint density at radius 1 is 1.25 bits per heavy atom. The average Bonchev–Trinajstić information content (AvgIpc) is 3.49. The first kappa shape index (κ1) is 21.8. The summed E-state index contributed by atoms with van der Waals surface area (Å²) in [6.07, 6.45) is 4.71. The molecule has 3 heterocycles. The van der Waals surface area contributed by atoms with Gasteiger partial charge in [0.15, 0.2) is 0 Å². The summed E-state index contributed by atoms with van der Waals surface area (Å²) < 4.78 is 7.40. The standard InChI is InChI=1S/C21H25N7O3S/c1-27-12-9-22-18(27)17(15-5-3-4-6-16(15)31-2)24-21(30)28-10-7-14(8-11-28)19(29)25-20-26-23-13-32-20/h3-6,9,12-14,17H,7-8,10-11H2,1-2H3,(H,24,30)(H,25,26,29). The summed E-state index contributed by atoms with van der Waals surface area (Å²) in [4.78, 5) is 31.8. The first-order valence-electron chi connectivity index (χ1n) is 10.3. The van der Waals surface area contributed by atoms with Gasteiger partial charge in [-0.05, 0) is 18.9 Å². The SMILES string of the molecule is COc1ccccc1C(NC(=O)N1CCC(C(=O)Nc2nncs2)CC1)c1nccn1C. The number of ether oxygens (including phenoxy) is 1. The number of hydrogen-bond donors (Lipinski definition) is 2. The lowest BCUT2D eigenvalue weighted by Crippen LogP contribution is -2.47. The molecule has 1 saturated heterocycles. The third kappa shape index (κ3) is 4.72. The number of likely N-dealkylation sites (tertiary alicyclic amines) is 1. The fourth-order valence-corrected chi connectivity index (χ4v) is 4.28. The molecule has 168 valence electrons. The molecule has 1 aromatic carbocycles. The normalized spacial score (nSPS) is 15.2. The van der Waals surface area contributed by atoms with Crippen molar-refractivity contribution in [2.24, 2.45) is 13.0 Å². The number of nitrogens with zero attached hydrogens (tertiary/aromatic N) is 5. The van der Waals surface area contributed by atoms with Crippen molar-refractivity contribution < 1.29 is 14.3 Å². The Hall–Kier alpha value is -3.47. The predicted molar refractivity (Wildman–Crippen MR) is 119 cm³/mol. The maximum absolute atomic E-state index is 13.1. The number of piperidine rings is 1. The largest absolute Gasteiger partial charge is 0.496 e. The molecule has 0 spiro atoms. The van der Waals surface area contributed by atoms with E-state index in [1.54, 1.807) is 23.7 Å². The molecular formula is C21H25N7O3S. The van der Waals surface area contributed by atoms with Crippen LogP contribution in [-0.2, 0) is 11.8 Å². The number of aryl methyl sites for hydroxylation is 1. The molecule has 1 aliphatic rings. The van der Waals surface area contributed by atoms with E-state index in [0.717, 1.165) is 5.56 Å². The summed E-state index contributed by atoms with van der Waals surface area (Å²) >= 11 is 1.28. The number of nitrogens with one attached hydrogen (secondary N) is 2. The minimum atomic E-state index is -0.475. The molecule has 0 aliphatic carbocycles. The summed E-state index contributed by atoms with van der Waals surface area (Å²) in [7, 11) is 3.49. The highest BCUT2D eigenvalue weighted by atomic mass is 32.1. The molecule has 11 heteroatoms. The zero-order valence-electron chi connectivity index (χ0n) is 17.9. The number of imidazole rings is 1. The van der Waals surface area contributed by atoms with Crippen LogP contribution in [0.4, 0.5) is 9.93 Å². The Morgan fingerprint density at radius 3 is 2.69 bits per heavy atom. The molecular weight excluding hydrogens is 430 g/mol. The van der Waals surface area contributed by atoms with Crippen LogP contribution < -0.4 is 15.4 Å². The molecule has 0 bridgehead atoms. The van der Waals surface area contributed by atoms with Crippen molar-refractivity contribution in [2.45, 2.75) is 18.9 Å². The Balaban J connectivity index is 1.43. The van der Waals surface area contributed by atoms with Gasteiger partial charge in [-0.2, -0.15) is 0 Å². The summed E-state index contributed by atoms with van der Waals surface area (Å²) in [6.45, 7) is 0.971. The molecule has 0 saturated carbocycles. The molecule has 32 heavy (non-hydrogen) atoms. The molecule has 4 rings (SSSR count). The molecule has 1 fully saturated rings. The second kappa shape index (κ2) is 9.77. The van der Waals surface area contributed by atoms with Crippen molar-refractivity contribution in [2.75, 3.05) is 25.5 Å². The van der Waals surface area contributed by atoms with E-state index in [0.29, 0.717) is 42.6 Å². The van der Waals surface area contributed by atoms with Crippen molar-refractivity contribution in [3.05, 3.63) is 53.6 Å². The second-order valence-corrected chi connectivity index (χ2v) is 8.35. The lowest BCUT2D eigenvalue weighted by Gasteiger charge is -2.32. The van der Waals surface area contributed by atoms with Gasteiger partial charge in [0, 0.05) is 44.0 Å². The minimum absolute atomic E-state index is 0.0817. The highest BCUT2D eigenvalue weighted by Crippen LogP contribution is 2.29. The zero-order chi connectivity index (χ0) is 22.5. The van der Waals surface area contributed by atoms with E-state index in [1.807, 2.05) is 42.1 Å². The van der Waals surface area contributed by atoms with Gasteiger partial charge in [-0.25, -0.2) is 9.78 Å². The summed E-state index contributed by atoms with van der Waals surface area (Å²) in [5.74, 6) is 1.13. The fourth-order valence-electron chi connectivity index (χ4n) is 3.84. The number of hydrogen-bond acceptors (Lipinski definition) is 7. The molecule has 1 aliphatic heterocycles. The van der Waals surface area contributed by atoms with Gasteiger partial charge in [-0.15, -0.1) is 10.2 Å². The Bertz CT molecular complexity index is 1060. The van der Waals surface area contributed by atoms with E-state index in [1.165, 1.54) is 11.3 Å². The maximum atomic E-state index is 13.1. The van der Waals surface area contributed by atoms with Gasteiger partial charge in [-0.3, -0.25) is 4.79 Å². The third-order valence-electron chi connectivity index (χ3n) is 5.58. The summed E-state index contributed by atoms with van der Waals surface area (Å²) in [6, 6.07) is 6.89. The molecule has 2 N–H and O–H groups in total. The first-order chi connectivity index (χ1) is 15.6. The van der Waals surface area contributed by atoms with E-state index in [4.69, 9.17) is 4.74 Å². The van der Waals surface area contributed by atoms with Gasteiger partial charge < -0.3 is 24.8 Å². The number of aromatic nitrogens is 4. The number of urea groups is 1. The predicted octanol–water partition coefficient (Wildman–Crippen LogP) is 2.43. The van der Waals surface area contributed by atoms with E-state index in [-0.39, 0.29) is 17.9 Å². The highest BCUT2D eigenvalue weighted by Gasteiger charge is 2.30. The molecule has 3 amide bonds. The van der Waals surface area contributed by atoms with E-state index >= 15 is 0 Å². The van der Waals surface area contributed by atoms with Crippen LogP contribution in [0.1, 0.15) is 30.3 Å². The van der Waals surface area contributed by atoms with E-state index in [9.17, 15) is 9.59 Å². The van der Waals surface area contributed by atoms with Crippen molar-refractivity contribution in [1.29, 1.82) is 0 Å². The number of amides is 3. The van der Waals surface area contributed by atoms with E-state index < -0.39 is 6.04 Å². The molecule has 3 aromatic rings. The first-order valence-corrected chi connectivity index (χ1v) is 11.2. The lowest BCUT2D eigenvalue weighted by atomic mass is 9.96. The van der Waals surface area contributed by atoms with Crippen molar-refractivity contribution >= 4 is 28.4 Å². The van der Waals surface area contributed by atoms with Crippen LogP contribution >= 0.6 is 11.3 Å². The number of carbonyl (C=O) groups excluding carboxylic acids is 2. The Labute approximate surface area is 189 Å². The molecule has 1 atom stereocenters. The average molecular weight is 456 g/mol. The molecule has 2 aromatic heterocycles. The number of benzene rings is 1. The number of para-hydroxylation sites is 1. The number of anilines is 1. The van der Waals surface area contributed by atoms with Crippen molar-refractivity contribution in [1.82, 2.24) is 30.0 Å². The monoisotopic (exact) mass is 455 g/mol. The number of rotatable bonds is 6. The van der Waals surface area contributed by atoms with Crippen LogP contribution in [0.25, 0.3) is 0 Å². The minimum Gasteiger partial charge on any atom is -0.496 e. The van der Waals surface area contributed by atoms with Gasteiger partial charge in [0.2, 0.25) is 11.0 Å². The van der Waals surface area contributed by atoms with Crippen molar-refractivity contribution in [3.63, 3.8) is 0 Å². The fraction of sp³-hybridized carbons (Fsp3) is 0.381. The van der Waals surface area contributed by atoms with E-state index in [2.05, 4.69) is 25.8 Å². The van der Waals surface area contributed by atoms with Gasteiger partial charge in [0.1, 0.15) is 23.1 Å². The second-order valence-electron chi connectivity index (χ2n) is 7.52. The topological polar surface area (TPSA) is 114 Å². The Morgan fingerprint density at radius 2 is 2.03 bits per heavy atom. The van der Waals surface area contributed by atoms with Gasteiger partial charge in [0.25, 0.3) is 0 Å². The Kier molecular flexibility index (Phi) is 6.64. The van der Waals surface area contributed by atoms with Gasteiger partial charge >= 0.3 is 6.03 Å². The molecule has 1 unspecified atom stereocenters. The van der Waals surface area contributed by atoms with Crippen LogP contribution in [0.2, 0.25) is 0 Å². The van der Waals surface area contributed by atoms with Crippen LogP contribution in [0.5, 0.6) is 5.75 Å².